The smallest absolute Gasteiger partial charge is 0.141 e. The second kappa shape index (κ2) is 4.59. The van der Waals surface area contributed by atoms with Gasteiger partial charge in [0.15, 0.2) is 0 Å². The highest BCUT2D eigenvalue weighted by atomic mass is 79.9. The van der Waals surface area contributed by atoms with Crippen LogP contribution >= 0.6 is 15.9 Å². The zero-order chi connectivity index (χ0) is 9.02. The molecule has 0 aliphatic carbocycles. The van der Waals surface area contributed by atoms with Crippen LogP contribution < -0.4 is 0 Å². The van der Waals surface area contributed by atoms with Crippen LogP contribution in [0.2, 0.25) is 0 Å². The van der Waals surface area contributed by atoms with Gasteiger partial charge in [-0.05, 0) is 13.8 Å². The molecule has 3 nitrogen and oxygen atoms in total. The van der Waals surface area contributed by atoms with E-state index in [9.17, 15) is 0 Å². The molecule has 0 fully saturated rings. The molecule has 0 spiro atoms. The second-order valence-electron chi connectivity index (χ2n) is 2.68. The molecule has 2 atom stereocenters. The largest absolute Gasteiger partial charge is 0.409 e. The average molecular weight is 223 g/mol. The van der Waals surface area contributed by atoms with E-state index in [1.54, 1.807) is 6.92 Å². The van der Waals surface area contributed by atoms with E-state index in [0.29, 0.717) is 16.7 Å². The zero-order valence-corrected chi connectivity index (χ0v) is 8.96. The molecule has 11 heavy (non-hydrogen) atoms. The van der Waals surface area contributed by atoms with Gasteiger partial charge in [-0.3, -0.25) is 0 Å². The molecule has 0 aromatic rings. The SMILES string of the molecule is C/C(=N/O)N(C)[C@H](C)C(C)Br. The Balaban J connectivity index is 4.13. The lowest BCUT2D eigenvalue weighted by molar-refractivity contribution is 0.294. The van der Waals surface area contributed by atoms with Gasteiger partial charge in [0.2, 0.25) is 0 Å². The molecule has 0 rings (SSSR count). The predicted octanol–water partition coefficient (Wildman–Crippen LogP) is 1.90. The van der Waals surface area contributed by atoms with E-state index < -0.39 is 0 Å². The van der Waals surface area contributed by atoms with E-state index >= 15 is 0 Å². The van der Waals surface area contributed by atoms with Crippen LogP contribution in [0.15, 0.2) is 5.16 Å². The van der Waals surface area contributed by atoms with Gasteiger partial charge >= 0.3 is 0 Å². The van der Waals surface area contributed by atoms with Crippen LogP contribution in [0, 0.1) is 0 Å². The van der Waals surface area contributed by atoms with Crippen molar-refractivity contribution in [1.82, 2.24) is 4.90 Å². The summed E-state index contributed by atoms with van der Waals surface area (Å²) < 4.78 is 0. The third kappa shape index (κ3) is 3.10. The van der Waals surface area contributed by atoms with Crippen LogP contribution in [0.3, 0.4) is 0 Å². The summed E-state index contributed by atoms with van der Waals surface area (Å²) in [5.41, 5.74) is 0. The third-order valence-corrected chi connectivity index (χ3v) is 2.70. The van der Waals surface area contributed by atoms with Crippen molar-refractivity contribution in [2.24, 2.45) is 5.16 Å². The van der Waals surface area contributed by atoms with Gasteiger partial charge in [0.25, 0.3) is 0 Å². The van der Waals surface area contributed by atoms with Crippen molar-refractivity contribution in [2.75, 3.05) is 7.05 Å². The first kappa shape index (κ1) is 10.8. The highest BCUT2D eigenvalue weighted by Gasteiger charge is 2.15. The van der Waals surface area contributed by atoms with Gasteiger partial charge in [-0.15, -0.1) is 0 Å². The number of hydrogen-bond donors (Lipinski definition) is 1. The molecule has 0 aliphatic rings. The van der Waals surface area contributed by atoms with Gasteiger partial charge in [0.1, 0.15) is 5.84 Å². The number of halogens is 1. The fraction of sp³-hybridized carbons (Fsp3) is 0.857. The number of hydrogen-bond acceptors (Lipinski definition) is 2. The van der Waals surface area contributed by atoms with Crippen LogP contribution in [0.5, 0.6) is 0 Å². The molecule has 4 heteroatoms. The van der Waals surface area contributed by atoms with Gasteiger partial charge in [-0.1, -0.05) is 28.0 Å². The molecule has 0 saturated heterocycles. The number of oxime groups is 1. The Hall–Kier alpha value is -0.250. The first-order chi connectivity index (χ1) is 5.00. The lowest BCUT2D eigenvalue weighted by atomic mass is 10.2. The van der Waals surface area contributed by atoms with Crippen molar-refractivity contribution >= 4 is 21.8 Å². The lowest BCUT2D eigenvalue weighted by Gasteiger charge is -2.27. The molecule has 0 radical (unpaired) electrons. The molecule has 1 N–H and O–H groups in total. The molecule has 0 aromatic heterocycles. The van der Waals surface area contributed by atoms with Crippen LogP contribution in [-0.4, -0.2) is 33.9 Å². The maximum atomic E-state index is 8.47. The molecule has 0 heterocycles. The Kier molecular flexibility index (Phi) is 4.49. The van der Waals surface area contributed by atoms with Crippen LogP contribution in [-0.2, 0) is 0 Å². The molecule has 0 bridgehead atoms. The van der Waals surface area contributed by atoms with Crippen LogP contribution in [0.4, 0.5) is 0 Å². The first-order valence-electron chi connectivity index (χ1n) is 3.56. The van der Waals surface area contributed by atoms with Gasteiger partial charge < -0.3 is 10.1 Å². The van der Waals surface area contributed by atoms with Crippen molar-refractivity contribution in [1.29, 1.82) is 0 Å². The standard InChI is InChI=1S/C7H15BrN2O/c1-5(8)6(2)10(4)7(3)9-11/h5-6,11H,1-4H3/b9-7-/t5?,6-/m1/s1. The van der Waals surface area contributed by atoms with E-state index in [-0.39, 0.29) is 0 Å². The Labute approximate surface area is 76.2 Å². The monoisotopic (exact) mass is 222 g/mol. The number of rotatable bonds is 2. The molecule has 0 aliphatic heterocycles. The van der Waals surface area contributed by atoms with Crippen LogP contribution in [0.1, 0.15) is 20.8 Å². The first-order valence-corrected chi connectivity index (χ1v) is 4.47. The summed E-state index contributed by atoms with van der Waals surface area (Å²) in [7, 11) is 1.90. The molecule has 66 valence electrons. The zero-order valence-electron chi connectivity index (χ0n) is 7.37. The number of alkyl halides is 1. The van der Waals surface area contributed by atoms with Gasteiger partial charge in [-0.25, -0.2) is 0 Å². The topological polar surface area (TPSA) is 35.8 Å². The van der Waals surface area contributed by atoms with Gasteiger partial charge in [0.05, 0.1) is 0 Å². The number of amidine groups is 1. The average Bonchev–Trinajstić information content (AvgIpc) is 2.00. The minimum atomic E-state index is 0.325. The van der Waals surface area contributed by atoms with Gasteiger partial charge in [-0.2, -0.15) is 0 Å². The second-order valence-corrected chi connectivity index (χ2v) is 4.12. The quantitative estimate of drug-likeness (QED) is 0.255. The summed E-state index contributed by atoms with van der Waals surface area (Å²) in [6, 6.07) is 0.325. The highest BCUT2D eigenvalue weighted by Crippen LogP contribution is 2.10. The normalized spacial score (nSPS) is 17.7. The Bertz CT molecular complexity index is 147. The third-order valence-electron chi connectivity index (χ3n) is 1.93. The molecule has 0 amide bonds. The lowest BCUT2D eigenvalue weighted by Crippen LogP contribution is -2.38. The number of nitrogens with zero attached hydrogens (tertiary/aromatic N) is 2. The minimum Gasteiger partial charge on any atom is -0.409 e. The summed E-state index contributed by atoms with van der Waals surface area (Å²) in [6.07, 6.45) is 0. The summed E-state index contributed by atoms with van der Waals surface area (Å²) in [5, 5.41) is 11.6. The maximum Gasteiger partial charge on any atom is 0.141 e. The summed E-state index contributed by atoms with van der Waals surface area (Å²) >= 11 is 3.46. The van der Waals surface area contributed by atoms with Crippen LogP contribution in [0.25, 0.3) is 0 Å². The Morgan fingerprint density at radius 2 is 2.00 bits per heavy atom. The van der Waals surface area contributed by atoms with Crippen molar-refractivity contribution in [3.63, 3.8) is 0 Å². The summed E-state index contributed by atoms with van der Waals surface area (Å²) in [4.78, 5) is 2.29. The van der Waals surface area contributed by atoms with Gasteiger partial charge in [0, 0.05) is 17.9 Å². The Morgan fingerprint density at radius 1 is 1.55 bits per heavy atom. The van der Waals surface area contributed by atoms with E-state index in [0.717, 1.165) is 0 Å². The fourth-order valence-electron chi connectivity index (χ4n) is 0.673. The molecule has 0 aromatic carbocycles. The van der Waals surface area contributed by atoms with Crippen molar-refractivity contribution in [3.05, 3.63) is 0 Å². The van der Waals surface area contributed by atoms with E-state index in [4.69, 9.17) is 5.21 Å². The predicted molar refractivity (Wildman–Crippen MR) is 50.5 cm³/mol. The maximum absolute atomic E-state index is 8.47. The van der Waals surface area contributed by atoms with E-state index in [1.807, 2.05) is 11.9 Å². The minimum absolute atomic E-state index is 0.325. The van der Waals surface area contributed by atoms with Crippen molar-refractivity contribution in [3.8, 4) is 0 Å². The Morgan fingerprint density at radius 3 is 2.27 bits per heavy atom. The fourth-order valence-corrected chi connectivity index (χ4v) is 1.03. The van der Waals surface area contributed by atoms with E-state index in [2.05, 4.69) is 34.9 Å². The van der Waals surface area contributed by atoms with E-state index in [1.165, 1.54) is 0 Å². The molecular formula is C7H15BrN2O. The molecule has 0 saturated carbocycles. The molecule has 1 unspecified atom stereocenters. The highest BCUT2D eigenvalue weighted by molar-refractivity contribution is 9.09. The molecular weight excluding hydrogens is 208 g/mol. The van der Waals surface area contributed by atoms with Crippen molar-refractivity contribution in [2.45, 2.75) is 31.6 Å². The summed E-state index contributed by atoms with van der Waals surface area (Å²) in [6.45, 7) is 5.89. The van der Waals surface area contributed by atoms with Crippen molar-refractivity contribution < 1.29 is 5.21 Å². The summed E-state index contributed by atoms with van der Waals surface area (Å²) in [5.74, 6) is 0.629.